The van der Waals surface area contributed by atoms with E-state index in [4.69, 9.17) is 9.47 Å². The van der Waals surface area contributed by atoms with E-state index < -0.39 is 0 Å². The van der Waals surface area contributed by atoms with Gasteiger partial charge >= 0.3 is 0 Å². The van der Waals surface area contributed by atoms with Gasteiger partial charge in [-0.15, -0.1) is 0 Å². The molecule has 0 saturated heterocycles. The summed E-state index contributed by atoms with van der Waals surface area (Å²) in [4.78, 5) is 26.5. The molecule has 0 aliphatic carbocycles. The fourth-order valence-corrected chi connectivity index (χ4v) is 4.29. The van der Waals surface area contributed by atoms with Crippen molar-refractivity contribution in [2.45, 2.75) is 20.3 Å². The van der Waals surface area contributed by atoms with E-state index in [1.165, 1.54) is 0 Å². The van der Waals surface area contributed by atoms with Gasteiger partial charge in [-0.05, 0) is 60.4 Å². The average Bonchev–Trinajstić information content (AvgIpc) is 2.90. The van der Waals surface area contributed by atoms with Gasteiger partial charge in [-0.2, -0.15) is 0 Å². The summed E-state index contributed by atoms with van der Waals surface area (Å²) in [5.41, 5.74) is 5.89. The van der Waals surface area contributed by atoms with E-state index in [2.05, 4.69) is 0 Å². The van der Waals surface area contributed by atoms with Crippen molar-refractivity contribution in [3.8, 4) is 11.5 Å². The summed E-state index contributed by atoms with van der Waals surface area (Å²) in [6, 6.07) is 26.0. The molecule has 0 aromatic heterocycles. The highest BCUT2D eigenvalue weighted by Crippen LogP contribution is 2.32. The summed E-state index contributed by atoms with van der Waals surface area (Å²) in [5.74, 6) is 1.29. The summed E-state index contributed by atoms with van der Waals surface area (Å²) in [6.45, 7) is 3.82. The molecule has 0 heterocycles. The van der Waals surface area contributed by atoms with E-state index in [0.29, 0.717) is 40.2 Å². The predicted molar refractivity (Wildman–Crippen MR) is 138 cm³/mol. The van der Waals surface area contributed by atoms with Crippen molar-refractivity contribution in [2.24, 2.45) is 0 Å². The molecule has 4 rings (SSSR count). The first-order valence-electron chi connectivity index (χ1n) is 11.5. The molecule has 0 aliphatic heterocycles. The van der Waals surface area contributed by atoms with E-state index in [9.17, 15) is 9.59 Å². The Bertz CT molecular complexity index is 1270. The first kappa shape index (κ1) is 24.0. The minimum atomic E-state index is -0.0391. The lowest BCUT2D eigenvalue weighted by Crippen LogP contribution is -2.08. The molecule has 176 valence electrons. The number of ether oxygens (including phenoxy) is 2. The first-order valence-corrected chi connectivity index (χ1v) is 11.5. The van der Waals surface area contributed by atoms with Crippen molar-refractivity contribution < 1.29 is 19.1 Å². The monoisotopic (exact) mass is 464 g/mol. The predicted octanol–water partition coefficient (Wildman–Crippen LogP) is 6.37. The number of methoxy groups -OCH3 is 2. The maximum absolute atomic E-state index is 13.2. The first-order chi connectivity index (χ1) is 16.9. The van der Waals surface area contributed by atoms with Crippen LogP contribution in [0.1, 0.15) is 54.1 Å². The van der Waals surface area contributed by atoms with Crippen LogP contribution in [0.4, 0.5) is 0 Å². The van der Waals surface area contributed by atoms with Gasteiger partial charge in [0.2, 0.25) is 0 Å². The molecular formula is C31H28O4. The lowest BCUT2D eigenvalue weighted by Gasteiger charge is -2.17. The number of benzene rings is 4. The second-order valence-electron chi connectivity index (χ2n) is 8.53. The average molecular weight is 465 g/mol. The van der Waals surface area contributed by atoms with Crippen molar-refractivity contribution in [1.82, 2.24) is 0 Å². The Balaban J connectivity index is 1.77. The van der Waals surface area contributed by atoms with Crippen LogP contribution in [0.25, 0.3) is 0 Å². The van der Waals surface area contributed by atoms with Crippen molar-refractivity contribution in [1.29, 1.82) is 0 Å². The third kappa shape index (κ3) is 5.02. The van der Waals surface area contributed by atoms with Gasteiger partial charge in [0.15, 0.2) is 11.6 Å². The molecule has 0 amide bonds. The van der Waals surface area contributed by atoms with Crippen molar-refractivity contribution >= 4 is 11.6 Å². The number of hydrogen-bond acceptors (Lipinski definition) is 4. The lowest BCUT2D eigenvalue weighted by molar-refractivity contribution is 0.103. The van der Waals surface area contributed by atoms with E-state index in [1.54, 1.807) is 14.2 Å². The number of ketones is 2. The van der Waals surface area contributed by atoms with Gasteiger partial charge < -0.3 is 9.47 Å². The zero-order valence-electron chi connectivity index (χ0n) is 20.4. The van der Waals surface area contributed by atoms with Crippen LogP contribution >= 0.6 is 0 Å². The van der Waals surface area contributed by atoms with E-state index >= 15 is 0 Å². The smallest absolute Gasteiger partial charge is 0.193 e. The molecule has 35 heavy (non-hydrogen) atoms. The Labute approximate surface area is 206 Å². The fraction of sp³-hybridized carbons (Fsp3) is 0.161. The molecule has 4 nitrogen and oxygen atoms in total. The molecule has 0 radical (unpaired) electrons. The van der Waals surface area contributed by atoms with Gasteiger partial charge in [-0.1, -0.05) is 60.7 Å². The quantitative estimate of drug-likeness (QED) is 0.284. The molecule has 4 aromatic rings. The third-order valence-electron chi connectivity index (χ3n) is 6.20. The fourth-order valence-electron chi connectivity index (χ4n) is 4.29. The minimum Gasteiger partial charge on any atom is -0.496 e. The SMILES string of the molecule is COc1cc(C)c(C(=O)c2ccccc2)cc1Cc1cc(C(=O)c2ccccc2)c(C)cc1OC. The van der Waals surface area contributed by atoms with E-state index in [-0.39, 0.29) is 11.6 Å². The summed E-state index contributed by atoms with van der Waals surface area (Å²) in [5, 5.41) is 0. The molecule has 4 aromatic carbocycles. The number of hydrogen-bond donors (Lipinski definition) is 0. The summed E-state index contributed by atoms with van der Waals surface area (Å²) in [7, 11) is 3.24. The van der Waals surface area contributed by atoms with Gasteiger partial charge in [0.05, 0.1) is 14.2 Å². The number of carbonyl (C=O) groups excluding carboxylic acids is 2. The minimum absolute atomic E-state index is 0.0391. The summed E-state index contributed by atoms with van der Waals surface area (Å²) in [6.07, 6.45) is 0.442. The van der Waals surface area contributed by atoms with E-state index in [1.807, 2.05) is 98.8 Å². The number of carbonyl (C=O) groups is 2. The van der Waals surface area contributed by atoms with Crippen LogP contribution in [0.5, 0.6) is 11.5 Å². The normalized spacial score (nSPS) is 10.6. The van der Waals surface area contributed by atoms with Gasteiger partial charge in [0, 0.05) is 28.7 Å². The summed E-state index contributed by atoms with van der Waals surface area (Å²) >= 11 is 0. The standard InChI is InChI=1S/C31H28O4/c1-20-15-28(34-3)24(18-26(20)30(32)22-11-7-5-8-12-22)17-25-19-27(21(2)16-29(25)35-4)31(33)23-13-9-6-10-14-23/h5-16,18-19H,17H2,1-4H3. The van der Waals surface area contributed by atoms with Crippen LogP contribution in [0.15, 0.2) is 84.9 Å². The third-order valence-corrected chi connectivity index (χ3v) is 6.20. The molecule has 0 N–H and O–H groups in total. The van der Waals surface area contributed by atoms with Gasteiger partial charge in [-0.3, -0.25) is 9.59 Å². The Kier molecular flexibility index (Phi) is 7.11. The van der Waals surface area contributed by atoms with Crippen LogP contribution in [-0.4, -0.2) is 25.8 Å². The molecule has 0 atom stereocenters. The molecule has 0 unspecified atom stereocenters. The van der Waals surface area contributed by atoms with Crippen LogP contribution in [0, 0.1) is 13.8 Å². The number of aryl methyl sites for hydroxylation is 2. The molecule has 0 bridgehead atoms. The van der Waals surface area contributed by atoms with Crippen LogP contribution in [0.3, 0.4) is 0 Å². The second-order valence-corrected chi connectivity index (χ2v) is 8.53. The van der Waals surface area contributed by atoms with Crippen LogP contribution < -0.4 is 9.47 Å². The highest BCUT2D eigenvalue weighted by atomic mass is 16.5. The van der Waals surface area contributed by atoms with Gasteiger partial charge in [0.25, 0.3) is 0 Å². The topological polar surface area (TPSA) is 52.6 Å². The highest BCUT2D eigenvalue weighted by molar-refractivity contribution is 6.10. The molecular weight excluding hydrogens is 436 g/mol. The Hall–Kier alpha value is -4.18. The maximum Gasteiger partial charge on any atom is 0.193 e. The van der Waals surface area contributed by atoms with Gasteiger partial charge in [0.1, 0.15) is 11.5 Å². The second kappa shape index (κ2) is 10.4. The maximum atomic E-state index is 13.2. The van der Waals surface area contributed by atoms with E-state index in [0.717, 1.165) is 22.3 Å². The van der Waals surface area contributed by atoms with Crippen LogP contribution in [-0.2, 0) is 6.42 Å². The summed E-state index contributed by atoms with van der Waals surface area (Å²) < 4.78 is 11.3. The Morgan fingerprint density at radius 1 is 0.600 bits per heavy atom. The lowest BCUT2D eigenvalue weighted by atomic mass is 9.91. The van der Waals surface area contributed by atoms with Gasteiger partial charge in [-0.25, -0.2) is 0 Å². The largest absolute Gasteiger partial charge is 0.496 e. The molecule has 0 fully saturated rings. The molecule has 4 heteroatoms. The Morgan fingerprint density at radius 2 is 0.971 bits per heavy atom. The molecule has 0 aliphatic rings. The number of rotatable bonds is 8. The molecule has 0 spiro atoms. The zero-order valence-corrected chi connectivity index (χ0v) is 20.4. The Morgan fingerprint density at radius 3 is 1.31 bits per heavy atom. The molecule has 0 saturated carbocycles. The van der Waals surface area contributed by atoms with Crippen molar-refractivity contribution in [3.05, 3.63) is 129 Å². The van der Waals surface area contributed by atoms with Crippen molar-refractivity contribution in [3.63, 3.8) is 0 Å². The highest BCUT2D eigenvalue weighted by Gasteiger charge is 2.19. The van der Waals surface area contributed by atoms with Crippen LogP contribution in [0.2, 0.25) is 0 Å². The zero-order chi connectivity index (χ0) is 24.9. The van der Waals surface area contributed by atoms with Crippen molar-refractivity contribution in [2.75, 3.05) is 14.2 Å².